The topological polar surface area (TPSA) is 50.2 Å². The number of aryl methyl sites for hydroxylation is 1. The van der Waals surface area contributed by atoms with Crippen molar-refractivity contribution in [1.29, 1.82) is 0 Å². The van der Waals surface area contributed by atoms with Gasteiger partial charge >= 0.3 is 0 Å². The van der Waals surface area contributed by atoms with Crippen LogP contribution in [-0.4, -0.2) is 27.1 Å². The van der Waals surface area contributed by atoms with Crippen molar-refractivity contribution in [3.05, 3.63) is 41.1 Å². The van der Waals surface area contributed by atoms with Crippen LogP contribution in [0.3, 0.4) is 0 Å². The molecule has 0 spiro atoms. The molecule has 1 N–H and O–H groups in total. The zero-order valence-electron chi connectivity index (χ0n) is 14.4. The van der Waals surface area contributed by atoms with Crippen LogP contribution < -0.4 is 5.32 Å². The summed E-state index contributed by atoms with van der Waals surface area (Å²) < 4.78 is 2.18. The highest BCUT2D eigenvalue weighted by molar-refractivity contribution is 5.74. The van der Waals surface area contributed by atoms with E-state index >= 15 is 0 Å². The third-order valence-corrected chi connectivity index (χ3v) is 5.02. The van der Waals surface area contributed by atoms with Gasteiger partial charge in [-0.2, -0.15) is 5.10 Å². The van der Waals surface area contributed by atoms with E-state index in [-0.39, 0.29) is 5.91 Å². The lowest BCUT2D eigenvalue weighted by Crippen LogP contribution is -2.34. The van der Waals surface area contributed by atoms with Gasteiger partial charge in [0.2, 0.25) is 5.91 Å². The number of carbonyl (C=O) groups is 1. The van der Waals surface area contributed by atoms with E-state index in [1.54, 1.807) is 6.92 Å². The summed E-state index contributed by atoms with van der Waals surface area (Å²) in [6.45, 7) is 6.19. The number of hydrogen-bond donors (Lipinski definition) is 1. The first kappa shape index (κ1) is 15.2. The maximum atomic E-state index is 11.8. The van der Waals surface area contributed by atoms with E-state index in [4.69, 9.17) is 5.10 Å². The molecule has 0 atom stereocenters. The Balaban J connectivity index is 1.65. The summed E-state index contributed by atoms with van der Waals surface area (Å²) >= 11 is 0. The number of anilines is 2. The monoisotopic (exact) mass is 324 g/mol. The van der Waals surface area contributed by atoms with Gasteiger partial charge in [-0.3, -0.25) is 9.48 Å². The summed E-state index contributed by atoms with van der Waals surface area (Å²) in [5.41, 5.74) is 4.76. The fourth-order valence-corrected chi connectivity index (χ4v) is 3.33. The van der Waals surface area contributed by atoms with Crippen molar-refractivity contribution >= 4 is 17.4 Å². The third kappa shape index (κ3) is 3.03. The molecule has 1 fully saturated rings. The van der Waals surface area contributed by atoms with E-state index in [2.05, 4.69) is 41.2 Å². The van der Waals surface area contributed by atoms with Crippen LogP contribution in [0.5, 0.6) is 0 Å². The van der Waals surface area contributed by atoms with E-state index in [1.165, 1.54) is 29.7 Å². The number of rotatable bonds is 4. The Kier molecular flexibility index (Phi) is 3.79. The van der Waals surface area contributed by atoms with E-state index in [1.807, 2.05) is 4.90 Å². The van der Waals surface area contributed by atoms with Crippen molar-refractivity contribution in [1.82, 2.24) is 14.7 Å². The summed E-state index contributed by atoms with van der Waals surface area (Å²) in [6, 6.07) is 8.34. The van der Waals surface area contributed by atoms with Crippen LogP contribution in [0, 0.1) is 12.8 Å². The van der Waals surface area contributed by atoms with Crippen molar-refractivity contribution in [2.45, 2.75) is 46.2 Å². The minimum atomic E-state index is 0.136. The van der Waals surface area contributed by atoms with Crippen LogP contribution in [0.15, 0.2) is 24.3 Å². The van der Waals surface area contributed by atoms with Crippen molar-refractivity contribution in [2.75, 3.05) is 11.9 Å². The Morgan fingerprint density at radius 2 is 2.04 bits per heavy atom. The molecule has 0 radical (unpaired) electrons. The number of nitrogens with zero attached hydrogens (tertiary/aromatic N) is 3. The molecule has 1 aromatic carbocycles. The van der Waals surface area contributed by atoms with Gasteiger partial charge in [-0.1, -0.05) is 17.7 Å². The van der Waals surface area contributed by atoms with Crippen LogP contribution in [-0.2, 0) is 24.3 Å². The molecule has 5 nitrogen and oxygen atoms in total. The summed E-state index contributed by atoms with van der Waals surface area (Å²) in [7, 11) is 0. The van der Waals surface area contributed by atoms with E-state index in [0.717, 1.165) is 36.9 Å². The first-order valence-electron chi connectivity index (χ1n) is 8.78. The maximum Gasteiger partial charge on any atom is 0.219 e. The minimum Gasteiger partial charge on any atom is -0.338 e. The lowest BCUT2D eigenvalue weighted by Gasteiger charge is -2.26. The fraction of sp³-hybridized carbons (Fsp3) is 0.474. The number of amides is 1. The molecule has 0 bridgehead atoms. The quantitative estimate of drug-likeness (QED) is 0.939. The van der Waals surface area contributed by atoms with Gasteiger partial charge in [-0.25, -0.2) is 0 Å². The van der Waals surface area contributed by atoms with Gasteiger partial charge < -0.3 is 10.2 Å². The molecule has 1 aliphatic carbocycles. The third-order valence-electron chi connectivity index (χ3n) is 5.02. The molecule has 0 saturated heterocycles. The Morgan fingerprint density at radius 1 is 1.29 bits per heavy atom. The summed E-state index contributed by atoms with van der Waals surface area (Å²) in [5, 5.41) is 8.31. The molecular weight excluding hydrogens is 300 g/mol. The van der Waals surface area contributed by atoms with E-state index in [9.17, 15) is 4.79 Å². The Labute approximate surface area is 142 Å². The number of nitrogens with one attached hydrogen (secondary N) is 1. The highest BCUT2D eigenvalue weighted by atomic mass is 16.2. The Hall–Kier alpha value is -2.30. The Bertz CT molecular complexity index is 758. The van der Waals surface area contributed by atoms with Crippen molar-refractivity contribution in [2.24, 2.45) is 5.92 Å². The molecule has 2 aliphatic rings. The van der Waals surface area contributed by atoms with Crippen molar-refractivity contribution < 1.29 is 4.79 Å². The van der Waals surface area contributed by atoms with Crippen LogP contribution in [0.1, 0.15) is 36.6 Å². The molecule has 4 rings (SSSR count). The highest BCUT2D eigenvalue weighted by Gasteiger charge is 2.29. The van der Waals surface area contributed by atoms with Gasteiger partial charge in [0.1, 0.15) is 0 Å². The number of fused-ring (bicyclic) bond motifs is 1. The Morgan fingerprint density at radius 3 is 2.71 bits per heavy atom. The summed E-state index contributed by atoms with van der Waals surface area (Å²) in [4.78, 5) is 13.7. The average Bonchev–Trinajstić information content (AvgIpc) is 3.32. The van der Waals surface area contributed by atoms with Crippen LogP contribution in [0.2, 0.25) is 0 Å². The zero-order valence-corrected chi connectivity index (χ0v) is 14.4. The van der Waals surface area contributed by atoms with Crippen molar-refractivity contribution in [3.8, 4) is 0 Å². The molecule has 1 aliphatic heterocycles. The zero-order chi connectivity index (χ0) is 16.7. The minimum absolute atomic E-state index is 0.136. The highest BCUT2D eigenvalue weighted by Crippen LogP contribution is 2.34. The molecule has 126 valence electrons. The van der Waals surface area contributed by atoms with Crippen LogP contribution >= 0.6 is 0 Å². The van der Waals surface area contributed by atoms with Gasteiger partial charge in [0.15, 0.2) is 5.82 Å². The average molecular weight is 324 g/mol. The van der Waals surface area contributed by atoms with Crippen LogP contribution in [0.25, 0.3) is 0 Å². The van der Waals surface area contributed by atoms with Crippen molar-refractivity contribution in [3.63, 3.8) is 0 Å². The second-order valence-electron chi connectivity index (χ2n) is 7.08. The van der Waals surface area contributed by atoms with Gasteiger partial charge in [0.05, 0.1) is 6.54 Å². The van der Waals surface area contributed by atoms with Gasteiger partial charge in [-0.05, 0) is 37.8 Å². The van der Waals surface area contributed by atoms with E-state index in [0.29, 0.717) is 6.54 Å². The summed E-state index contributed by atoms with van der Waals surface area (Å²) in [5.74, 6) is 1.82. The smallest absolute Gasteiger partial charge is 0.219 e. The number of carbonyl (C=O) groups excluding carboxylic acids is 1. The molecular formula is C19H24N4O. The molecule has 5 heteroatoms. The van der Waals surface area contributed by atoms with Gasteiger partial charge in [-0.15, -0.1) is 0 Å². The molecule has 24 heavy (non-hydrogen) atoms. The fourth-order valence-electron chi connectivity index (χ4n) is 3.33. The predicted octanol–water partition coefficient (Wildman–Crippen LogP) is 3.25. The predicted molar refractivity (Wildman–Crippen MR) is 94.2 cm³/mol. The first-order valence-corrected chi connectivity index (χ1v) is 8.78. The number of benzene rings is 1. The lowest BCUT2D eigenvalue weighted by atomic mass is 10.1. The first-order chi connectivity index (χ1) is 11.6. The summed E-state index contributed by atoms with van der Waals surface area (Å²) in [6.07, 6.45) is 3.52. The molecule has 1 saturated carbocycles. The number of aromatic nitrogens is 2. The second kappa shape index (κ2) is 5.96. The normalized spacial score (nSPS) is 16.8. The standard InChI is InChI=1S/C19H24N4O/c1-13-3-7-16(8-4-13)20-19-17-12-22(14(2)24)10-9-18(17)23(21-19)11-15-5-6-15/h3-4,7-8,15H,5-6,9-12H2,1-2H3,(H,20,21). The maximum absolute atomic E-state index is 11.8. The van der Waals surface area contributed by atoms with Crippen LogP contribution in [0.4, 0.5) is 11.5 Å². The second-order valence-corrected chi connectivity index (χ2v) is 7.08. The van der Waals surface area contributed by atoms with Gasteiger partial charge in [0, 0.05) is 43.4 Å². The van der Waals surface area contributed by atoms with Gasteiger partial charge in [0.25, 0.3) is 0 Å². The SMILES string of the molecule is CC(=O)N1CCc2c(c(Nc3ccc(C)cc3)nn2CC2CC2)C1. The molecule has 1 amide bonds. The molecule has 2 heterocycles. The molecule has 2 aromatic rings. The number of hydrogen-bond acceptors (Lipinski definition) is 3. The lowest BCUT2D eigenvalue weighted by molar-refractivity contribution is -0.129. The largest absolute Gasteiger partial charge is 0.338 e. The molecule has 0 unspecified atom stereocenters. The van der Waals surface area contributed by atoms with E-state index < -0.39 is 0 Å². The molecule has 1 aromatic heterocycles.